The lowest BCUT2D eigenvalue weighted by Crippen LogP contribution is -2.50. The zero-order valence-electron chi connectivity index (χ0n) is 36.7. The number of alkyl halides is 3. The van der Waals surface area contributed by atoms with Crippen molar-refractivity contribution in [2.75, 3.05) is 31.7 Å². The van der Waals surface area contributed by atoms with Crippen molar-refractivity contribution in [3.8, 4) is 17.1 Å². The van der Waals surface area contributed by atoms with E-state index in [9.17, 15) is 4.79 Å². The molecule has 2 fully saturated rings. The van der Waals surface area contributed by atoms with Crippen LogP contribution in [0.3, 0.4) is 0 Å². The molecule has 1 amide bonds. The second-order valence-electron chi connectivity index (χ2n) is 17.7. The molecule has 3 atom stereocenters. The van der Waals surface area contributed by atoms with Crippen molar-refractivity contribution >= 4 is 33.7 Å². The average molecular weight is 891 g/mol. The summed E-state index contributed by atoms with van der Waals surface area (Å²) in [6.07, 6.45) is -4.04. The summed E-state index contributed by atoms with van der Waals surface area (Å²) in [4.78, 5) is 25.5. The highest BCUT2D eigenvalue weighted by atomic mass is 19.4. The number of halogens is 5. The van der Waals surface area contributed by atoms with Gasteiger partial charge in [0.2, 0.25) is 0 Å². The van der Waals surface area contributed by atoms with Gasteiger partial charge in [-0.3, -0.25) is 4.68 Å². The van der Waals surface area contributed by atoms with Gasteiger partial charge in [0, 0.05) is 54.4 Å². The van der Waals surface area contributed by atoms with Crippen LogP contribution < -0.4 is 9.64 Å². The van der Waals surface area contributed by atoms with E-state index < -0.39 is 57.8 Å². The minimum Gasteiger partial charge on any atom is -0.461 e. The molecular weight excluding hydrogens is 844 g/mol. The fourth-order valence-corrected chi connectivity index (χ4v) is 9.34. The van der Waals surface area contributed by atoms with E-state index in [1.807, 2.05) is 91.0 Å². The molecule has 336 valence electrons. The van der Waals surface area contributed by atoms with E-state index in [-0.39, 0.29) is 71.0 Å². The van der Waals surface area contributed by atoms with Gasteiger partial charge in [-0.2, -0.15) is 28.2 Å². The summed E-state index contributed by atoms with van der Waals surface area (Å²) in [5.41, 5.74) is -2.91. The smallest absolute Gasteiger partial charge is 0.417 e. The van der Waals surface area contributed by atoms with Crippen LogP contribution >= 0.6 is 0 Å². The number of fused-ring (bicyclic) bond motifs is 4. The highest BCUT2D eigenvalue weighted by Gasteiger charge is 2.48. The Bertz CT molecular complexity index is 2810. The van der Waals surface area contributed by atoms with Gasteiger partial charge in [-0.25, -0.2) is 13.6 Å². The maximum atomic E-state index is 17.9. The second-order valence-corrected chi connectivity index (χ2v) is 17.7. The number of aromatic nitrogens is 4. The summed E-state index contributed by atoms with van der Waals surface area (Å²) >= 11 is 0. The lowest BCUT2D eigenvalue weighted by Gasteiger charge is -2.36. The molecule has 2 aromatic heterocycles. The molecule has 10 nitrogen and oxygen atoms in total. The number of methoxy groups -OCH3 is 1. The van der Waals surface area contributed by atoms with Crippen LogP contribution in [0.5, 0.6) is 6.01 Å². The predicted octanol–water partition coefficient (Wildman–Crippen LogP) is 10.7. The number of carbonyl (C=O) groups excluding carboxylic acids is 1. The summed E-state index contributed by atoms with van der Waals surface area (Å²) in [7, 11) is 1.48. The van der Waals surface area contributed by atoms with Gasteiger partial charge < -0.3 is 24.0 Å². The first kappa shape index (κ1) is 43.6. The molecule has 0 saturated carbocycles. The zero-order chi connectivity index (χ0) is 46.0. The average Bonchev–Trinajstić information content (AvgIpc) is 4.02. The number of ether oxygens (including phenoxy) is 3. The van der Waals surface area contributed by atoms with Gasteiger partial charge in [-0.1, -0.05) is 91.0 Å². The summed E-state index contributed by atoms with van der Waals surface area (Å²) in [5, 5.41) is 4.81. The van der Waals surface area contributed by atoms with E-state index in [0.717, 1.165) is 28.8 Å². The molecular formula is C50H47F5N6O4. The van der Waals surface area contributed by atoms with Crippen molar-refractivity contribution < 1.29 is 41.0 Å². The summed E-state index contributed by atoms with van der Waals surface area (Å²) in [6.45, 7) is 8.70. The van der Waals surface area contributed by atoms with Gasteiger partial charge in [0.1, 0.15) is 34.9 Å². The van der Waals surface area contributed by atoms with Crippen LogP contribution in [0, 0.1) is 18.6 Å². The number of benzene rings is 5. The summed E-state index contributed by atoms with van der Waals surface area (Å²) in [6, 6.07) is 29.4. The van der Waals surface area contributed by atoms with Gasteiger partial charge in [0.25, 0.3) is 0 Å². The lowest BCUT2D eigenvalue weighted by atomic mass is 9.77. The molecule has 0 unspecified atom stereocenters. The first-order valence-electron chi connectivity index (χ1n) is 21.4. The number of likely N-dealkylation sites (tertiary alicyclic amines) is 1. The number of amides is 1. The van der Waals surface area contributed by atoms with Gasteiger partial charge in [0.05, 0.1) is 29.3 Å². The highest BCUT2D eigenvalue weighted by molar-refractivity contribution is 6.02. The molecule has 0 spiro atoms. The van der Waals surface area contributed by atoms with Crippen molar-refractivity contribution in [3.63, 3.8) is 0 Å². The zero-order valence-corrected chi connectivity index (χ0v) is 36.7. The molecule has 2 saturated heterocycles. The van der Waals surface area contributed by atoms with Crippen LogP contribution in [-0.4, -0.2) is 81.3 Å². The third-order valence-corrected chi connectivity index (χ3v) is 12.4. The van der Waals surface area contributed by atoms with E-state index in [1.165, 1.54) is 14.0 Å². The SMILES string of the molecule is CO[C@@H](C)COc1nc(N2C[C@@H]3C[C@H]2CN3C(=O)OC(C)(C)C)c2cc(C(F)(F)F)c(-c3c(C)c(F)cc4nn(C(c5ccccc5)(c5ccccc5)c5ccccc5)cc34)c(F)c2n1. The molecule has 0 radical (unpaired) electrons. The topological polar surface area (TPSA) is 94.8 Å². The molecule has 9 rings (SSSR count). The van der Waals surface area contributed by atoms with Crippen molar-refractivity contribution in [3.05, 3.63) is 149 Å². The van der Waals surface area contributed by atoms with Crippen molar-refractivity contribution in [1.29, 1.82) is 0 Å². The Morgan fingerprint density at radius 3 is 1.94 bits per heavy atom. The monoisotopic (exact) mass is 890 g/mol. The van der Waals surface area contributed by atoms with Crippen LogP contribution in [0.25, 0.3) is 32.9 Å². The van der Waals surface area contributed by atoms with Crippen LogP contribution in [0.1, 0.15) is 61.9 Å². The maximum absolute atomic E-state index is 17.9. The standard InChI is InChI=1S/C50H47F5N6O4/c1-29(63-6)28-64-46-56-44-36(45(57-46)59-25-35-22-34(59)26-60(35)47(62)65-48(3,4)5)23-38(50(53,54)55)42(43(44)52)41-30(2)39(51)24-40-37(41)27-61(58-40)49(31-16-10-7-11-17-31,32-18-12-8-13-19-32)33-20-14-9-15-21-33/h7-21,23-24,27,29,34-35H,22,25-26,28H2,1-6H3/t29-,34-,35-/m0/s1. The summed E-state index contributed by atoms with van der Waals surface area (Å²) in [5.74, 6) is -2.21. The van der Waals surface area contributed by atoms with Gasteiger partial charge in [0.15, 0.2) is 5.82 Å². The molecule has 15 heteroatoms. The predicted molar refractivity (Wildman–Crippen MR) is 237 cm³/mol. The molecule has 2 aliphatic rings. The number of hydrogen-bond acceptors (Lipinski definition) is 8. The number of piperazine rings is 1. The molecule has 2 aliphatic heterocycles. The third-order valence-electron chi connectivity index (χ3n) is 12.4. The van der Waals surface area contributed by atoms with E-state index >= 15 is 22.0 Å². The third kappa shape index (κ3) is 7.68. The Hall–Kier alpha value is -6.61. The van der Waals surface area contributed by atoms with Gasteiger partial charge in [-0.05, 0) is 69.4 Å². The number of nitrogens with zero attached hydrogens (tertiary/aromatic N) is 6. The fourth-order valence-electron chi connectivity index (χ4n) is 9.34. The van der Waals surface area contributed by atoms with E-state index in [2.05, 4.69) is 9.97 Å². The molecule has 5 aromatic carbocycles. The first-order chi connectivity index (χ1) is 31.0. The van der Waals surface area contributed by atoms with Gasteiger partial charge in [-0.15, -0.1) is 0 Å². The molecule has 4 heterocycles. The molecule has 0 aliphatic carbocycles. The minimum atomic E-state index is -5.15. The normalized spacial score (nSPS) is 17.0. The largest absolute Gasteiger partial charge is 0.461 e. The Morgan fingerprint density at radius 2 is 1.42 bits per heavy atom. The van der Waals surface area contributed by atoms with E-state index in [1.54, 1.807) is 48.4 Å². The Kier molecular flexibility index (Phi) is 11.0. The minimum absolute atomic E-state index is 0.00600. The molecule has 65 heavy (non-hydrogen) atoms. The van der Waals surface area contributed by atoms with Crippen molar-refractivity contribution in [2.24, 2.45) is 0 Å². The van der Waals surface area contributed by atoms with Crippen molar-refractivity contribution in [2.45, 2.75) is 76.5 Å². The maximum Gasteiger partial charge on any atom is 0.417 e. The second kappa shape index (κ2) is 16.4. The lowest BCUT2D eigenvalue weighted by molar-refractivity contribution is -0.137. The van der Waals surface area contributed by atoms with Crippen LogP contribution in [0.4, 0.5) is 32.6 Å². The van der Waals surface area contributed by atoms with Gasteiger partial charge >= 0.3 is 18.3 Å². The Balaban J connectivity index is 1.28. The molecule has 7 aromatic rings. The molecule has 0 N–H and O–H groups in total. The number of rotatable bonds is 10. The quantitative estimate of drug-likeness (QED) is 0.0990. The highest BCUT2D eigenvalue weighted by Crippen LogP contribution is 2.49. The van der Waals surface area contributed by atoms with Crippen LogP contribution in [0.15, 0.2) is 109 Å². The first-order valence-corrected chi connectivity index (χ1v) is 21.4. The van der Waals surface area contributed by atoms with Crippen LogP contribution in [0.2, 0.25) is 0 Å². The van der Waals surface area contributed by atoms with E-state index in [4.69, 9.17) is 19.3 Å². The van der Waals surface area contributed by atoms with Crippen LogP contribution in [-0.2, 0) is 21.2 Å². The number of hydrogen-bond donors (Lipinski definition) is 0. The number of carbonyl (C=O) groups is 1. The van der Waals surface area contributed by atoms with E-state index in [0.29, 0.717) is 6.42 Å². The Labute approximate surface area is 372 Å². The number of anilines is 1. The fraction of sp³-hybridized carbons (Fsp3) is 0.320. The van der Waals surface area contributed by atoms with Crippen molar-refractivity contribution in [1.82, 2.24) is 24.6 Å². The summed E-state index contributed by atoms with van der Waals surface area (Å²) < 4.78 is 100. The molecule has 2 bridgehead atoms. The Morgan fingerprint density at radius 1 is 0.815 bits per heavy atom.